The summed E-state index contributed by atoms with van der Waals surface area (Å²) < 4.78 is 0. The first kappa shape index (κ1) is 13.5. The topological polar surface area (TPSA) is 73.7 Å². The van der Waals surface area contributed by atoms with Gasteiger partial charge >= 0.3 is 5.97 Å². The van der Waals surface area contributed by atoms with Crippen molar-refractivity contribution in [3.8, 4) is 0 Å². The summed E-state index contributed by atoms with van der Waals surface area (Å²) in [6, 6.07) is 0.404. The Morgan fingerprint density at radius 3 is 3.06 bits per heavy atom. The van der Waals surface area contributed by atoms with E-state index >= 15 is 0 Å². The SMILES string of the molecule is O=C(O)c1csc(CN2CCCCC2CCO)n1. The molecular weight excluding hydrogens is 252 g/mol. The molecule has 6 heteroatoms. The zero-order valence-corrected chi connectivity index (χ0v) is 11.0. The largest absolute Gasteiger partial charge is 0.476 e. The summed E-state index contributed by atoms with van der Waals surface area (Å²) in [5, 5.41) is 20.3. The van der Waals surface area contributed by atoms with Crippen molar-refractivity contribution < 1.29 is 15.0 Å². The van der Waals surface area contributed by atoms with E-state index in [1.807, 2.05) is 0 Å². The van der Waals surface area contributed by atoms with Gasteiger partial charge in [-0.25, -0.2) is 9.78 Å². The third-order valence-electron chi connectivity index (χ3n) is 3.32. The number of thiazole rings is 1. The van der Waals surface area contributed by atoms with Crippen LogP contribution in [0.25, 0.3) is 0 Å². The summed E-state index contributed by atoms with van der Waals surface area (Å²) in [6.45, 7) is 1.91. The van der Waals surface area contributed by atoms with Gasteiger partial charge in [0.05, 0.1) is 6.54 Å². The van der Waals surface area contributed by atoms with Crippen LogP contribution in [0.2, 0.25) is 0 Å². The molecule has 1 aromatic rings. The Morgan fingerprint density at radius 1 is 1.56 bits per heavy atom. The Morgan fingerprint density at radius 2 is 2.39 bits per heavy atom. The highest BCUT2D eigenvalue weighted by Gasteiger charge is 2.23. The van der Waals surface area contributed by atoms with E-state index in [1.165, 1.54) is 24.2 Å². The minimum absolute atomic E-state index is 0.130. The van der Waals surface area contributed by atoms with Crippen molar-refractivity contribution in [3.63, 3.8) is 0 Å². The molecule has 1 fully saturated rings. The smallest absolute Gasteiger partial charge is 0.355 e. The van der Waals surface area contributed by atoms with Crippen LogP contribution in [0.1, 0.15) is 41.2 Å². The van der Waals surface area contributed by atoms with E-state index in [0.717, 1.165) is 24.4 Å². The lowest BCUT2D eigenvalue weighted by molar-refractivity contribution is 0.0690. The van der Waals surface area contributed by atoms with E-state index in [-0.39, 0.29) is 12.3 Å². The fourth-order valence-electron chi connectivity index (χ4n) is 2.40. The number of carboxylic acid groups (broad SMARTS) is 1. The van der Waals surface area contributed by atoms with E-state index in [0.29, 0.717) is 12.6 Å². The van der Waals surface area contributed by atoms with Crippen molar-refractivity contribution in [1.82, 2.24) is 9.88 Å². The van der Waals surface area contributed by atoms with Crippen molar-refractivity contribution in [2.45, 2.75) is 38.3 Å². The minimum Gasteiger partial charge on any atom is -0.476 e. The van der Waals surface area contributed by atoms with Crippen LogP contribution in [0.3, 0.4) is 0 Å². The highest BCUT2D eigenvalue weighted by atomic mass is 32.1. The van der Waals surface area contributed by atoms with E-state index in [9.17, 15) is 4.79 Å². The number of aromatic carboxylic acids is 1. The van der Waals surface area contributed by atoms with Crippen LogP contribution in [0.5, 0.6) is 0 Å². The lowest BCUT2D eigenvalue weighted by atomic mass is 10.00. The summed E-state index contributed by atoms with van der Waals surface area (Å²) in [5.74, 6) is -0.969. The molecule has 1 aliphatic heterocycles. The predicted molar refractivity (Wildman–Crippen MR) is 68.8 cm³/mol. The average molecular weight is 270 g/mol. The van der Waals surface area contributed by atoms with Crippen molar-refractivity contribution in [1.29, 1.82) is 0 Å². The number of aliphatic hydroxyl groups excluding tert-OH is 1. The zero-order chi connectivity index (χ0) is 13.0. The molecule has 0 aliphatic carbocycles. The monoisotopic (exact) mass is 270 g/mol. The Hall–Kier alpha value is -0.980. The van der Waals surface area contributed by atoms with Gasteiger partial charge < -0.3 is 10.2 Å². The molecule has 1 atom stereocenters. The minimum atomic E-state index is -0.969. The molecule has 18 heavy (non-hydrogen) atoms. The molecule has 2 heterocycles. The Kier molecular flexibility index (Phi) is 4.68. The van der Waals surface area contributed by atoms with Crippen LogP contribution in [0.4, 0.5) is 0 Å². The maximum atomic E-state index is 10.8. The second-order valence-electron chi connectivity index (χ2n) is 4.56. The van der Waals surface area contributed by atoms with E-state index in [1.54, 1.807) is 5.38 Å². The first-order valence-corrected chi connectivity index (χ1v) is 7.11. The summed E-state index contributed by atoms with van der Waals surface area (Å²) in [6.07, 6.45) is 4.27. The summed E-state index contributed by atoms with van der Waals surface area (Å²) in [7, 11) is 0. The van der Waals surface area contributed by atoms with E-state index < -0.39 is 5.97 Å². The van der Waals surface area contributed by atoms with Gasteiger partial charge in [0.1, 0.15) is 5.01 Å². The van der Waals surface area contributed by atoms with Crippen LogP contribution in [0, 0.1) is 0 Å². The number of carbonyl (C=O) groups is 1. The van der Waals surface area contributed by atoms with Gasteiger partial charge in [-0.05, 0) is 25.8 Å². The first-order chi connectivity index (χ1) is 8.70. The number of carboxylic acids is 1. The van der Waals surface area contributed by atoms with Crippen LogP contribution < -0.4 is 0 Å². The number of piperidine rings is 1. The number of hydrogen-bond donors (Lipinski definition) is 2. The maximum Gasteiger partial charge on any atom is 0.355 e. The highest BCUT2D eigenvalue weighted by Crippen LogP contribution is 2.23. The van der Waals surface area contributed by atoms with Crippen LogP contribution in [-0.2, 0) is 6.54 Å². The van der Waals surface area contributed by atoms with Crippen molar-refractivity contribution >= 4 is 17.3 Å². The molecule has 2 rings (SSSR count). The van der Waals surface area contributed by atoms with E-state index in [4.69, 9.17) is 10.2 Å². The normalized spacial score (nSPS) is 21.1. The van der Waals surface area contributed by atoms with Gasteiger partial charge in [-0.1, -0.05) is 6.42 Å². The van der Waals surface area contributed by atoms with Gasteiger partial charge in [-0.2, -0.15) is 0 Å². The zero-order valence-electron chi connectivity index (χ0n) is 10.2. The number of nitrogens with zero attached hydrogens (tertiary/aromatic N) is 2. The summed E-state index contributed by atoms with van der Waals surface area (Å²) in [4.78, 5) is 17.2. The summed E-state index contributed by atoms with van der Waals surface area (Å²) >= 11 is 1.40. The molecule has 0 radical (unpaired) electrons. The number of rotatable bonds is 5. The van der Waals surface area contributed by atoms with Gasteiger partial charge in [0.15, 0.2) is 5.69 Å². The van der Waals surface area contributed by atoms with Gasteiger partial charge in [0.25, 0.3) is 0 Å². The molecule has 5 nitrogen and oxygen atoms in total. The molecule has 2 N–H and O–H groups in total. The van der Waals surface area contributed by atoms with Crippen molar-refractivity contribution in [3.05, 3.63) is 16.1 Å². The fourth-order valence-corrected chi connectivity index (χ4v) is 3.19. The fraction of sp³-hybridized carbons (Fsp3) is 0.667. The molecule has 1 aromatic heterocycles. The number of hydrogen-bond acceptors (Lipinski definition) is 5. The number of aliphatic hydroxyl groups is 1. The highest BCUT2D eigenvalue weighted by molar-refractivity contribution is 7.09. The lowest BCUT2D eigenvalue weighted by Gasteiger charge is -2.34. The number of likely N-dealkylation sites (tertiary alicyclic amines) is 1. The van der Waals surface area contributed by atoms with Gasteiger partial charge in [-0.3, -0.25) is 4.90 Å². The van der Waals surface area contributed by atoms with Crippen molar-refractivity contribution in [2.24, 2.45) is 0 Å². The standard InChI is InChI=1S/C12H18N2O3S/c15-6-4-9-3-1-2-5-14(9)7-11-13-10(8-18-11)12(16)17/h8-9,15H,1-7H2,(H,16,17). The predicted octanol–water partition coefficient (Wildman–Crippen LogP) is 1.58. The second-order valence-corrected chi connectivity index (χ2v) is 5.51. The molecular formula is C12H18N2O3S. The van der Waals surface area contributed by atoms with Crippen molar-refractivity contribution in [2.75, 3.05) is 13.2 Å². The van der Waals surface area contributed by atoms with Gasteiger partial charge in [0.2, 0.25) is 0 Å². The average Bonchev–Trinajstić information content (AvgIpc) is 2.81. The Labute approximate surface area is 110 Å². The Bertz CT molecular complexity index is 406. The summed E-state index contributed by atoms with van der Waals surface area (Å²) in [5.41, 5.74) is 0.130. The lowest BCUT2D eigenvalue weighted by Crippen LogP contribution is -2.39. The van der Waals surface area contributed by atoms with E-state index in [2.05, 4.69) is 9.88 Å². The quantitative estimate of drug-likeness (QED) is 0.849. The van der Waals surface area contributed by atoms with Gasteiger partial charge in [-0.15, -0.1) is 11.3 Å². The maximum absolute atomic E-state index is 10.8. The molecule has 0 saturated carbocycles. The van der Waals surface area contributed by atoms with Crippen LogP contribution in [-0.4, -0.2) is 45.3 Å². The molecule has 100 valence electrons. The van der Waals surface area contributed by atoms with Crippen LogP contribution in [0.15, 0.2) is 5.38 Å². The third-order valence-corrected chi connectivity index (χ3v) is 4.15. The Balaban J connectivity index is 1.99. The second kappa shape index (κ2) is 6.26. The molecule has 0 aromatic carbocycles. The third kappa shape index (κ3) is 3.28. The first-order valence-electron chi connectivity index (χ1n) is 6.23. The molecule has 0 amide bonds. The molecule has 0 bridgehead atoms. The van der Waals surface area contributed by atoms with Crippen LogP contribution >= 0.6 is 11.3 Å². The molecule has 1 saturated heterocycles. The molecule has 1 aliphatic rings. The van der Waals surface area contributed by atoms with Gasteiger partial charge in [0, 0.05) is 18.0 Å². The number of aromatic nitrogens is 1. The molecule has 1 unspecified atom stereocenters. The molecule has 0 spiro atoms.